The van der Waals surface area contributed by atoms with Crippen LogP contribution in [0.25, 0.3) is 50.8 Å². The molecule has 0 radical (unpaired) electrons. The molecule has 12 aliphatic rings. The SMILES string of the molecule is CC1=CC(Oc2c3n(ccc2=O)N([C@@H]2c4ccccc4-n4cccc4-c4c2ccc(F)c4F)[C@@H]2COCCN2C3=O)OC1=O.O=C1OC(Oc2c3n(ccc2=O)N(C2c4ccccc4-n4cccc4-c4c2ccc(F)c4F)C2COCCN2C3=O)c2ccccc21.O=C1OC(Oc2c3n(ccc2=O)N([C@@H]2c4ccccc4-n4cccc4-c4c2ccc(F)c4F)[C@@H]2COCCN2C3=O)c2ccccc21. The van der Waals surface area contributed by atoms with Crippen LogP contribution in [0.1, 0.15) is 134 Å². The molecule has 3 saturated heterocycles. The molecule has 690 valence electrons. The van der Waals surface area contributed by atoms with Gasteiger partial charge >= 0.3 is 17.9 Å². The van der Waals surface area contributed by atoms with Crippen molar-refractivity contribution in [3.05, 3.63) is 399 Å². The smallest absolute Gasteiger partial charge is 0.342 e. The van der Waals surface area contributed by atoms with Gasteiger partial charge in [-0.1, -0.05) is 109 Å². The van der Waals surface area contributed by atoms with Crippen molar-refractivity contribution in [2.24, 2.45) is 0 Å². The van der Waals surface area contributed by atoms with E-state index in [1.54, 1.807) is 143 Å². The van der Waals surface area contributed by atoms with Gasteiger partial charge in [0.05, 0.1) is 84.9 Å². The fourth-order valence-electron chi connectivity index (χ4n) is 20.9. The van der Waals surface area contributed by atoms with E-state index in [1.807, 2.05) is 102 Å². The molecule has 0 N–H and O–H groups in total. The van der Waals surface area contributed by atoms with Crippen molar-refractivity contribution < 1.29 is 97.7 Å². The van der Waals surface area contributed by atoms with Crippen molar-refractivity contribution >= 4 is 35.6 Å². The Bertz CT molecular complexity index is 7530. The number of halogens is 6. The molecule has 0 aliphatic carbocycles. The maximum atomic E-state index is 16.0. The number of cyclic esters (lactones) is 3. The quantitative estimate of drug-likeness (QED) is 0.0737. The van der Waals surface area contributed by atoms with Crippen LogP contribution in [-0.4, -0.2) is 162 Å². The van der Waals surface area contributed by atoms with E-state index in [0.29, 0.717) is 61.6 Å². The average Bonchev–Trinajstić information content (AvgIpc) is 1.36. The molecular formula is C102H72F6N12O18. The van der Waals surface area contributed by atoms with E-state index in [1.165, 1.54) is 56.9 Å². The molecule has 30 nitrogen and oxygen atoms in total. The average molecular weight is 1870 g/mol. The van der Waals surface area contributed by atoms with Gasteiger partial charge in [-0.25, -0.2) is 40.7 Å². The number of morpholine rings is 3. The third-order valence-electron chi connectivity index (χ3n) is 26.9. The minimum atomic E-state index is -1.26. The van der Waals surface area contributed by atoms with Gasteiger partial charge in [-0.3, -0.25) is 57.8 Å². The van der Waals surface area contributed by atoms with Gasteiger partial charge in [0, 0.05) is 131 Å². The summed E-state index contributed by atoms with van der Waals surface area (Å²) in [5.74, 6) is -10.2. The highest BCUT2D eigenvalue weighted by molar-refractivity contribution is 6.00. The van der Waals surface area contributed by atoms with E-state index < -0.39 is 142 Å². The lowest BCUT2D eigenvalue weighted by molar-refractivity contribution is -0.148. The lowest BCUT2D eigenvalue weighted by Gasteiger charge is -2.51. The summed E-state index contributed by atoms with van der Waals surface area (Å²) in [6.07, 6.45) is 5.37. The lowest BCUT2D eigenvalue weighted by Crippen LogP contribution is -2.66. The van der Waals surface area contributed by atoms with Gasteiger partial charge in [-0.05, 0) is 109 Å². The molecular weight excluding hydrogens is 1800 g/mol. The molecule has 0 spiro atoms. The first-order chi connectivity index (χ1) is 67.2. The second-order valence-corrected chi connectivity index (χ2v) is 34.2. The summed E-state index contributed by atoms with van der Waals surface area (Å²) >= 11 is 0. The standard InChI is InChI=1S/2C35H24F2N4O6.C32H24F2N4O6/c2*36-23-12-11-22-28(29(23)37)25-10-5-14-38(25)24-9-4-3-8-21(24)30(22)41-27-18-45-17-16-39(27)33(43)31-32(26(42)13-15-40(31)41)46-35-20-7-2-1-6-19(20)34(44)47-35;1-17-15-25(44-32(17)41)43-30-23(39)10-12-37-29(30)31(40)36-13-14-42-16-24(36)38(37)28-18-5-2-3-6-21(18)35-11-4-7-22(35)26-19(28)8-9-20(33)27(26)34/h2*1-15,27,30,35H,16-18H2;2-12,15,24-25,28H,13-14,16H2,1H3/t27-,30-,35?;;24-,25?,28-/m1.1/s1. The first-order valence-electron chi connectivity index (χ1n) is 44.2. The number of aromatic nitrogens is 6. The van der Waals surface area contributed by atoms with E-state index in [2.05, 4.69) is 0 Å². The third kappa shape index (κ3) is 12.9. The Morgan fingerprint density at radius 3 is 0.971 bits per heavy atom. The molecule has 36 heteroatoms. The minimum Gasteiger partial charge on any atom is -0.444 e. The molecule has 0 saturated carbocycles. The number of fused-ring (bicyclic) bond motifs is 23. The zero-order chi connectivity index (χ0) is 94.2. The van der Waals surface area contributed by atoms with Gasteiger partial charge in [0.15, 0.2) is 52.0 Å². The largest absolute Gasteiger partial charge is 0.444 e. The number of ether oxygens (including phenoxy) is 9. The Labute approximate surface area is 776 Å². The number of rotatable bonds is 9. The zero-order valence-corrected chi connectivity index (χ0v) is 72.3. The van der Waals surface area contributed by atoms with Gasteiger partial charge in [-0.15, -0.1) is 0 Å². The number of carbonyl (C=O) groups is 6. The van der Waals surface area contributed by atoms with Crippen molar-refractivity contribution in [3.63, 3.8) is 0 Å². The summed E-state index contributed by atoms with van der Waals surface area (Å²) in [4.78, 5) is 125. The Hall–Kier alpha value is -16.7. The number of nitrogens with zero attached hydrogens (tertiary/aromatic N) is 12. The van der Waals surface area contributed by atoms with Crippen LogP contribution >= 0.6 is 0 Å². The van der Waals surface area contributed by atoms with Crippen LogP contribution in [0.3, 0.4) is 0 Å². The number of benzene rings is 8. The number of esters is 3. The van der Waals surface area contributed by atoms with Gasteiger partial charge in [0.25, 0.3) is 36.6 Å². The van der Waals surface area contributed by atoms with Crippen molar-refractivity contribution in [1.82, 2.24) is 42.4 Å². The Morgan fingerprint density at radius 1 is 0.319 bits per heavy atom. The summed E-state index contributed by atoms with van der Waals surface area (Å²) in [5, 5.41) is 5.53. The molecule has 3 amide bonds. The maximum Gasteiger partial charge on any atom is 0.342 e. The van der Waals surface area contributed by atoms with Crippen LogP contribution in [-0.2, 0) is 33.2 Å². The molecule has 6 aromatic heterocycles. The van der Waals surface area contributed by atoms with Gasteiger partial charge < -0.3 is 71.0 Å². The fourth-order valence-corrected chi connectivity index (χ4v) is 20.9. The Morgan fingerprint density at radius 2 is 0.638 bits per heavy atom. The number of amides is 3. The highest BCUT2D eigenvalue weighted by atomic mass is 19.2. The summed E-state index contributed by atoms with van der Waals surface area (Å²) in [6, 6.07) is 55.7. The normalized spacial score (nSPS) is 21.0. The number of hydrogen-bond donors (Lipinski definition) is 0. The molecule has 0 bridgehead atoms. The first-order valence-corrected chi connectivity index (χ1v) is 44.2. The Balaban J connectivity index is 0.000000113. The van der Waals surface area contributed by atoms with Gasteiger partial charge in [0.2, 0.25) is 33.5 Å². The van der Waals surface area contributed by atoms with Gasteiger partial charge in [0.1, 0.15) is 36.6 Å². The van der Waals surface area contributed by atoms with Crippen LogP contribution in [0.15, 0.2) is 276 Å². The van der Waals surface area contributed by atoms with Crippen molar-refractivity contribution in [2.45, 2.75) is 62.4 Å². The van der Waals surface area contributed by atoms with Crippen molar-refractivity contribution in [1.29, 1.82) is 0 Å². The van der Waals surface area contributed by atoms with E-state index in [9.17, 15) is 56.3 Å². The predicted octanol–water partition coefficient (Wildman–Crippen LogP) is 13.0. The molecule has 138 heavy (non-hydrogen) atoms. The fraction of sp³-hybridized carbons (Fsp3) is 0.186. The topological polar surface area (TPSA) is 286 Å². The highest BCUT2D eigenvalue weighted by Crippen LogP contribution is 2.52. The van der Waals surface area contributed by atoms with Crippen LogP contribution in [0, 0.1) is 34.9 Å². The number of carbonyl (C=O) groups excluding carboxylic acids is 6. The second-order valence-electron chi connectivity index (χ2n) is 34.2. The van der Waals surface area contributed by atoms with Gasteiger partial charge in [-0.2, -0.15) is 0 Å². The van der Waals surface area contributed by atoms with Crippen LogP contribution in [0.5, 0.6) is 17.2 Å². The number of pyridine rings is 3. The molecule has 12 aliphatic heterocycles. The minimum absolute atomic E-state index is 0.0740. The van der Waals surface area contributed by atoms with E-state index in [-0.39, 0.29) is 110 Å². The summed E-state index contributed by atoms with van der Waals surface area (Å²) in [6.45, 7) is 3.23. The van der Waals surface area contributed by atoms with Crippen LogP contribution in [0.2, 0.25) is 0 Å². The molecule has 3 fully saturated rings. The molecule has 26 rings (SSSR count). The summed E-state index contributed by atoms with van der Waals surface area (Å²) < 4.78 is 155. The second kappa shape index (κ2) is 32.5. The van der Waals surface area contributed by atoms with Crippen LogP contribution in [0.4, 0.5) is 26.3 Å². The predicted molar refractivity (Wildman–Crippen MR) is 477 cm³/mol. The number of hydrogen-bond acceptors (Lipinski definition) is 21. The Kier molecular flexibility index (Phi) is 19.9. The third-order valence-corrected chi connectivity index (χ3v) is 26.9. The molecule has 18 heterocycles. The van der Waals surface area contributed by atoms with E-state index in [4.69, 9.17) is 42.6 Å². The monoisotopic (exact) mass is 1870 g/mol. The van der Waals surface area contributed by atoms with Crippen molar-refractivity contribution in [2.75, 3.05) is 74.3 Å². The first kappa shape index (κ1) is 84.3. The summed E-state index contributed by atoms with van der Waals surface area (Å²) in [5.41, 5.74) is 7.04. The van der Waals surface area contributed by atoms with Crippen LogP contribution < -0.4 is 45.5 Å². The van der Waals surface area contributed by atoms with E-state index >= 15 is 13.2 Å². The lowest BCUT2D eigenvalue weighted by atomic mass is 9.91. The van der Waals surface area contributed by atoms with E-state index in [0.717, 1.165) is 52.0 Å². The summed E-state index contributed by atoms with van der Waals surface area (Å²) in [7, 11) is 0. The number of para-hydroxylation sites is 3. The maximum absolute atomic E-state index is 16.0. The zero-order valence-electron chi connectivity index (χ0n) is 72.3. The molecule has 14 aromatic rings. The molecule has 8 aromatic carbocycles. The molecule has 5 unspecified atom stereocenters. The van der Waals surface area contributed by atoms with Crippen molar-refractivity contribution in [3.8, 4) is 68.1 Å². The highest BCUT2D eigenvalue weighted by Gasteiger charge is 2.53. The molecule has 9 atom stereocenters.